The van der Waals surface area contributed by atoms with Crippen LogP contribution in [0.1, 0.15) is 21.5 Å². The first-order chi connectivity index (χ1) is 14.7. The molecule has 162 valence electrons. The topological polar surface area (TPSA) is 84.5 Å². The second-order valence-corrected chi connectivity index (χ2v) is 9.64. The molecule has 3 aromatic rings. The van der Waals surface area contributed by atoms with Crippen LogP contribution in [0.5, 0.6) is 5.75 Å². The van der Waals surface area contributed by atoms with E-state index in [0.29, 0.717) is 22.7 Å². The predicted octanol–water partition coefficient (Wildman–Crippen LogP) is 4.72. The Morgan fingerprint density at radius 3 is 2.42 bits per heavy atom. The molecule has 0 radical (unpaired) electrons. The normalized spacial score (nSPS) is 11.1. The van der Waals surface area contributed by atoms with Crippen LogP contribution in [0.4, 0.5) is 17.1 Å². The Morgan fingerprint density at radius 2 is 1.65 bits per heavy atom. The first-order valence-electron chi connectivity index (χ1n) is 9.87. The predicted molar refractivity (Wildman–Crippen MR) is 125 cm³/mol. The van der Waals surface area contributed by atoms with E-state index in [2.05, 4.69) is 10.6 Å². The number of sulfone groups is 1. The van der Waals surface area contributed by atoms with Crippen molar-refractivity contribution < 1.29 is 17.9 Å². The number of aryl methyl sites for hydroxylation is 1. The van der Waals surface area contributed by atoms with Crippen LogP contribution >= 0.6 is 0 Å². The van der Waals surface area contributed by atoms with Crippen LogP contribution in [-0.4, -0.2) is 32.9 Å². The van der Waals surface area contributed by atoms with Gasteiger partial charge in [-0.25, -0.2) is 8.42 Å². The lowest BCUT2D eigenvalue weighted by atomic mass is 10.1. The van der Waals surface area contributed by atoms with Crippen molar-refractivity contribution in [1.29, 1.82) is 0 Å². The van der Waals surface area contributed by atoms with Crippen molar-refractivity contribution in [2.45, 2.75) is 13.8 Å². The smallest absolute Gasteiger partial charge is 0.257 e. The van der Waals surface area contributed by atoms with E-state index in [1.165, 1.54) is 5.56 Å². The van der Waals surface area contributed by atoms with Gasteiger partial charge in [0.2, 0.25) is 0 Å². The minimum Gasteiger partial charge on any atom is -0.492 e. The molecular formula is C24H26N2O4S. The summed E-state index contributed by atoms with van der Waals surface area (Å²) in [6.45, 7) is 4.14. The number of anilines is 3. The molecule has 0 aromatic heterocycles. The lowest BCUT2D eigenvalue weighted by Crippen LogP contribution is -2.14. The molecule has 3 aromatic carbocycles. The van der Waals surface area contributed by atoms with Crippen LogP contribution in [0.3, 0.4) is 0 Å². The quantitative estimate of drug-likeness (QED) is 0.531. The summed E-state index contributed by atoms with van der Waals surface area (Å²) < 4.78 is 28.0. The van der Waals surface area contributed by atoms with Crippen molar-refractivity contribution in [3.05, 3.63) is 83.4 Å². The summed E-state index contributed by atoms with van der Waals surface area (Å²) >= 11 is 0. The summed E-state index contributed by atoms with van der Waals surface area (Å²) in [5, 5.41) is 6.24. The van der Waals surface area contributed by atoms with Gasteiger partial charge in [-0.1, -0.05) is 30.3 Å². The maximum absolute atomic E-state index is 13.0. The van der Waals surface area contributed by atoms with E-state index in [1.807, 2.05) is 50.2 Å². The van der Waals surface area contributed by atoms with Gasteiger partial charge in [-0.05, 0) is 55.3 Å². The molecule has 0 spiro atoms. The zero-order valence-corrected chi connectivity index (χ0v) is 18.6. The third-order valence-corrected chi connectivity index (χ3v) is 5.77. The second kappa shape index (κ2) is 9.66. The van der Waals surface area contributed by atoms with Gasteiger partial charge in [0, 0.05) is 23.7 Å². The molecule has 0 heterocycles. The molecule has 0 saturated heterocycles. The lowest BCUT2D eigenvalue weighted by Gasteiger charge is -2.15. The van der Waals surface area contributed by atoms with Gasteiger partial charge < -0.3 is 15.4 Å². The molecule has 0 aliphatic rings. The van der Waals surface area contributed by atoms with Gasteiger partial charge in [-0.2, -0.15) is 0 Å². The SMILES string of the molecule is Cc1cccc(Nc2ccccc2C(=O)Nc2cccc(OCCS(C)(=O)=O)c2)c1C. The van der Waals surface area contributed by atoms with Crippen LogP contribution in [-0.2, 0) is 9.84 Å². The van der Waals surface area contributed by atoms with Crippen LogP contribution in [0.2, 0.25) is 0 Å². The highest BCUT2D eigenvalue weighted by atomic mass is 32.2. The number of carbonyl (C=O) groups excluding carboxylic acids is 1. The van der Waals surface area contributed by atoms with Gasteiger partial charge >= 0.3 is 0 Å². The van der Waals surface area contributed by atoms with Gasteiger partial charge in [-0.3, -0.25) is 4.79 Å². The van der Waals surface area contributed by atoms with Gasteiger partial charge in [0.05, 0.1) is 17.0 Å². The number of hydrogen-bond donors (Lipinski definition) is 2. The number of para-hydroxylation sites is 1. The lowest BCUT2D eigenvalue weighted by molar-refractivity contribution is 0.102. The summed E-state index contributed by atoms with van der Waals surface area (Å²) in [5.41, 5.74) is 5.00. The summed E-state index contributed by atoms with van der Waals surface area (Å²) in [6.07, 6.45) is 1.16. The maximum atomic E-state index is 13.0. The summed E-state index contributed by atoms with van der Waals surface area (Å²) in [5.74, 6) is 0.158. The standard InChI is InChI=1S/C24H26N2O4S/c1-17-8-6-13-22(18(17)2)26-23-12-5-4-11-21(23)24(27)25-19-9-7-10-20(16-19)30-14-15-31(3,28)29/h4-13,16,26H,14-15H2,1-3H3,(H,25,27). The first-order valence-corrected chi connectivity index (χ1v) is 11.9. The zero-order valence-electron chi connectivity index (χ0n) is 17.8. The average Bonchev–Trinajstić information content (AvgIpc) is 2.71. The Kier molecular flexibility index (Phi) is 6.97. The molecular weight excluding hydrogens is 412 g/mol. The highest BCUT2D eigenvalue weighted by Gasteiger charge is 2.13. The van der Waals surface area contributed by atoms with Gasteiger partial charge in [0.25, 0.3) is 5.91 Å². The number of amides is 1. The fourth-order valence-corrected chi connectivity index (χ4v) is 3.38. The summed E-state index contributed by atoms with van der Waals surface area (Å²) in [4.78, 5) is 13.0. The molecule has 31 heavy (non-hydrogen) atoms. The fourth-order valence-electron chi connectivity index (χ4n) is 2.99. The molecule has 0 saturated carbocycles. The number of rotatable bonds is 8. The third-order valence-electron chi connectivity index (χ3n) is 4.86. The largest absolute Gasteiger partial charge is 0.492 e. The van der Waals surface area contributed by atoms with Crippen LogP contribution in [0.25, 0.3) is 0 Å². The van der Waals surface area contributed by atoms with Crippen LogP contribution < -0.4 is 15.4 Å². The van der Waals surface area contributed by atoms with Crippen molar-refractivity contribution in [3.63, 3.8) is 0 Å². The van der Waals surface area contributed by atoms with Crippen molar-refractivity contribution >= 4 is 32.8 Å². The molecule has 1 amide bonds. The minimum absolute atomic E-state index is 0.0544. The Hall–Kier alpha value is -3.32. The van der Waals surface area contributed by atoms with Crippen molar-refractivity contribution in [2.75, 3.05) is 29.2 Å². The minimum atomic E-state index is -3.10. The second-order valence-electron chi connectivity index (χ2n) is 7.38. The molecule has 0 atom stereocenters. The Morgan fingerprint density at radius 1 is 0.935 bits per heavy atom. The highest BCUT2D eigenvalue weighted by Crippen LogP contribution is 2.26. The van der Waals surface area contributed by atoms with Gasteiger partial charge in [-0.15, -0.1) is 0 Å². The molecule has 0 aliphatic heterocycles. The summed E-state index contributed by atoms with van der Waals surface area (Å²) in [7, 11) is -3.10. The molecule has 3 rings (SSSR count). The van der Waals surface area contributed by atoms with Crippen molar-refractivity contribution in [1.82, 2.24) is 0 Å². The fraction of sp³-hybridized carbons (Fsp3) is 0.208. The molecule has 0 aliphatic carbocycles. The van der Waals surface area contributed by atoms with E-state index in [-0.39, 0.29) is 18.3 Å². The van der Waals surface area contributed by atoms with Crippen molar-refractivity contribution in [3.8, 4) is 5.75 Å². The Bertz CT molecular complexity index is 1190. The van der Waals surface area contributed by atoms with E-state index in [4.69, 9.17) is 4.74 Å². The third kappa shape index (κ3) is 6.33. The van der Waals surface area contributed by atoms with Crippen LogP contribution in [0.15, 0.2) is 66.7 Å². The van der Waals surface area contributed by atoms with Gasteiger partial charge in [0.1, 0.15) is 12.4 Å². The molecule has 2 N–H and O–H groups in total. The van der Waals surface area contributed by atoms with Crippen LogP contribution in [0, 0.1) is 13.8 Å². The highest BCUT2D eigenvalue weighted by molar-refractivity contribution is 7.90. The first kappa shape index (κ1) is 22.4. The Labute approximate surface area is 183 Å². The number of benzene rings is 3. The molecule has 6 nitrogen and oxygen atoms in total. The van der Waals surface area contributed by atoms with E-state index in [0.717, 1.165) is 17.5 Å². The Balaban J connectivity index is 1.74. The monoisotopic (exact) mass is 438 g/mol. The molecule has 7 heteroatoms. The summed E-state index contributed by atoms with van der Waals surface area (Å²) in [6, 6.07) is 20.2. The zero-order chi connectivity index (χ0) is 22.4. The molecule has 0 bridgehead atoms. The number of hydrogen-bond acceptors (Lipinski definition) is 5. The number of carbonyl (C=O) groups is 1. The molecule has 0 unspecified atom stereocenters. The van der Waals surface area contributed by atoms with Crippen molar-refractivity contribution in [2.24, 2.45) is 0 Å². The number of nitrogens with one attached hydrogen (secondary N) is 2. The van der Waals surface area contributed by atoms with E-state index >= 15 is 0 Å². The van der Waals surface area contributed by atoms with E-state index in [1.54, 1.807) is 30.3 Å². The van der Waals surface area contributed by atoms with E-state index < -0.39 is 9.84 Å². The number of ether oxygens (including phenoxy) is 1. The van der Waals surface area contributed by atoms with E-state index in [9.17, 15) is 13.2 Å². The maximum Gasteiger partial charge on any atom is 0.257 e. The average molecular weight is 439 g/mol. The molecule has 0 fully saturated rings. The van der Waals surface area contributed by atoms with Gasteiger partial charge in [0.15, 0.2) is 9.84 Å².